The summed E-state index contributed by atoms with van der Waals surface area (Å²) >= 11 is 0. The fourth-order valence-electron chi connectivity index (χ4n) is 0.984. The van der Waals surface area contributed by atoms with Crippen LogP contribution in [0, 0.1) is 5.92 Å². The van der Waals surface area contributed by atoms with Crippen molar-refractivity contribution in [1.29, 1.82) is 0 Å². The van der Waals surface area contributed by atoms with E-state index in [-0.39, 0.29) is 24.5 Å². The lowest BCUT2D eigenvalue weighted by Crippen LogP contribution is -2.46. The Morgan fingerprint density at radius 3 is 2.14 bits per heavy atom. The van der Waals surface area contributed by atoms with E-state index < -0.39 is 6.29 Å². The highest BCUT2D eigenvalue weighted by molar-refractivity contribution is 5.79. The van der Waals surface area contributed by atoms with Gasteiger partial charge in [-0.05, 0) is 5.92 Å². The van der Waals surface area contributed by atoms with Gasteiger partial charge in [0.05, 0.1) is 12.6 Å². The summed E-state index contributed by atoms with van der Waals surface area (Å²) < 4.78 is 9.54. The van der Waals surface area contributed by atoms with Gasteiger partial charge in [-0.15, -0.1) is 0 Å². The second-order valence-electron chi connectivity index (χ2n) is 3.35. The van der Waals surface area contributed by atoms with Crippen LogP contribution in [0.3, 0.4) is 0 Å². The topological polar surface area (TPSA) is 67.8 Å². The molecule has 0 aromatic heterocycles. The third kappa shape index (κ3) is 4.04. The third-order valence-corrected chi connectivity index (χ3v) is 1.97. The van der Waals surface area contributed by atoms with Crippen molar-refractivity contribution in [3.05, 3.63) is 0 Å². The van der Waals surface area contributed by atoms with Gasteiger partial charge in [0.1, 0.15) is 0 Å². The zero-order valence-electron chi connectivity index (χ0n) is 9.11. The first kappa shape index (κ1) is 13.4. The number of aliphatic hydroxyl groups is 1. The minimum absolute atomic E-state index is 0.0937. The molecule has 0 aromatic rings. The van der Waals surface area contributed by atoms with Crippen molar-refractivity contribution in [3.8, 4) is 0 Å². The summed E-state index contributed by atoms with van der Waals surface area (Å²) in [6.45, 7) is 3.73. The van der Waals surface area contributed by atoms with Gasteiger partial charge in [0.2, 0.25) is 6.29 Å². The van der Waals surface area contributed by atoms with Gasteiger partial charge in [-0.3, -0.25) is 4.79 Å². The molecule has 0 rings (SSSR count). The monoisotopic (exact) mass is 205 g/mol. The van der Waals surface area contributed by atoms with Crippen LogP contribution in [0.5, 0.6) is 0 Å². The molecule has 0 bridgehead atoms. The zero-order valence-corrected chi connectivity index (χ0v) is 9.11. The lowest BCUT2D eigenvalue weighted by molar-refractivity contribution is -0.160. The van der Waals surface area contributed by atoms with Gasteiger partial charge in [0, 0.05) is 14.2 Å². The highest BCUT2D eigenvalue weighted by atomic mass is 16.7. The average Bonchev–Trinajstić information content (AvgIpc) is 2.15. The van der Waals surface area contributed by atoms with Crippen LogP contribution >= 0.6 is 0 Å². The average molecular weight is 205 g/mol. The van der Waals surface area contributed by atoms with Gasteiger partial charge in [0.15, 0.2) is 0 Å². The van der Waals surface area contributed by atoms with E-state index in [9.17, 15) is 4.79 Å². The number of hydrogen-bond donors (Lipinski definition) is 2. The van der Waals surface area contributed by atoms with Gasteiger partial charge in [-0.1, -0.05) is 13.8 Å². The Bertz CT molecular complexity index is 168. The number of ether oxygens (including phenoxy) is 2. The molecule has 5 heteroatoms. The minimum Gasteiger partial charge on any atom is -0.394 e. The Labute approximate surface area is 84.4 Å². The second-order valence-corrected chi connectivity index (χ2v) is 3.35. The molecule has 0 aliphatic carbocycles. The molecule has 0 aliphatic heterocycles. The molecule has 0 fully saturated rings. The van der Waals surface area contributed by atoms with Crippen LogP contribution in [0.15, 0.2) is 0 Å². The quantitative estimate of drug-likeness (QED) is 0.586. The molecule has 0 saturated carbocycles. The number of rotatable bonds is 6. The molecule has 14 heavy (non-hydrogen) atoms. The summed E-state index contributed by atoms with van der Waals surface area (Å²) in [5.74, 6) is -0.207. The summed E-state index contributed by atoms with van der Waals surface area (Å²) in [7, 11) is 2.77. The SMILES string of the molecule is COC(OC)C(=O)N[C@H](CO)C(C)C. The molecule has 0 aromatic carbocycles. The fourth-order valence-corrected chi connectivity index (χ4v) is 0.984. The molecule has 1 atom stereocenters. The maximum Gasteiger partial charge on any atom is 0.277 e. The van der Waals surface area contributed by atoms with Crippen molar-refractivity contribution in [2.24, 2.45) is 5.92 Å². The lowest BCUT2D eigenvalue weighted by atomic mass is 10.1. The summed E-state index contributed by atoms with van der Waals surface area (Å²) in [6, 6.07) is -0.268. The predicted molar refractivity (Wildman–Crippen MR) is 51.7 cm³/mol. The van der Waals surface area contributed by atoms with Crippen molar-refractivity contribution >= 4 is 5.91 Å². The maximum atomic E-state index is 11.4. The van der Waals surface area contributed by atoms with Crippen molar-refractivity contribution in [1.82, 2.24) is 5.32 Å². The highest BCUT2D eigenvalue weighted by Gasteiger charge is 2.21. The predicted octanol–water partition coefficient (Wildman–Crippen LogP) is -0.262. The summed E-state index contributed by atoms with van der Waals surface area (Å²) in [5, 5.41) is 11.6. The van der Waals surface area contributed by atoms with Crippen LogP contribution in [-0.4, -0.2) is 44.2 Å². The van der Waals surface area contributed by atoms with Crippen molar-refractivity contribution < 1.29 is 19.4 Å². The normalized spacial score (nSPS) is 13.4. The first-order chi connectivity index (χ1) is 6.56. The van der Waals surface area contributed by atoms with Gasteiger partial charge >= 0.3 is 0 Å². The van der Waals surface area contributed by atoms with Crippen LogP contribution < -0.4 is 5.32 Å². The summed E-state index contributed by atoms with van der Waals surface area (Å²) in [6.07, 6.45) is -0.914. The number of amides is 1. The van der Waals surface area contributed by atoms with E-state index >= 15 is 0 Å². The zero-order chi connectivity index (χ0) is 11.1. The molecular weight excluding hydrogens is 186 g/mol. The molecule has 0 spiro atoms. The number of carbonyl (C=O) groups excluding carboxylic acids is 1. The molecule has 0 aliphatic rings. The third-order valence-electron chi connectivity index (χ3n) is 1.97. The second kappa shape index (κ2) is 6.75. The Morgan fingerprint density at radius 2 is 1.86 bits per heavy atom. The highest BCUT2D eigenvalue weighted by Crippen LogP contribution is 2.01. The Hall–Kier alpha value is -0.650. The summed E-state index contributed by atoms with van der Waals surface area (Å²) in [5.41, 5.74) is 0. The molecule has 0 saturated heterocycles. The van der Waals surface area contributed by atoms with E-state index in [1.54, 1.807) is 0 Å². The molecule has 0 heterocycles. The lowest BCUT2D eigenvalue weighted by Gasteiger charge is -2.22. The number of methoxy groups -OCH3 is 2. The smallest absolute Gasteiger partial charge is 0.277 e. The van der Waals surface area contributed by atoms with Crippen LogP contribution in [0.25, 0.3) is 0 Å². The number of aliphatic hydroxyl groups excluding tert-OH is 1. The van der Waals surface area contributed by atoms with E-state index in [0.717, 1.165) is 0 Å². The van der Waals surface area contributed by atoms with E-state index in [4.69, 9.17) is 14.6 Å². The number of carbonyl (C=O) groups is 1. The van der Waals surface area contributed by atoms with Gasteiger partial charge < -0.3 is 19.9 Å². The Morgan fingerprint density at radius 1 is 1.36 bits per heavy atom. The van der Waals surface area contributed by atoms with E-state index in [1.807, 2.05) is 13.8 Å². The molecule has 1 amide bonds. The van der Waals surface area contributed by atoms with E-state index in [2.05, 4.69) is 5.32 Å². The van der Waals surface area contributed by atoms with Crippen LogP contribution in [-0.2, 0) is 14.3 Å². The van der Waals surface area contributed by atoms with Crippen LogP contribution in [0.4, 0.5) is 0 Å². The Balaban J connectivity index is 4.13. The largest absolute Gasteiger partial charge is 0.394 e. The van der Waals surface area contributed by atoms with Gasteiger partial charge in [0.25, 0.3) is 5.91 Å². The maximum absolute atomic E-state index is 11.4. The summed E-state index contributed by atoms with van der Waals surface area (Å²) in [4.78, 5) is 11.4. The van der Waals surface area contributed by atoms with Crippen LogP contribution in [0.1, 0.15) is 13.8 Å². The molecule has 84 valence electrons. The van der Waals surface area contributed by atoms with Crippen molar-refractivity contribution in [2.45, 2.75) is 26.2 Å². The Kier molecular flexibility index (Phi) is 6.44. The molecule has 5 nitrogen and oxygen atoms in total. The van der Waals surface area contributed by atoms with E-state index in [1.165, 1.54) is 14.2 Å². The molecule has 0 unspecified atom stereocenters. The molecule has 0 radical (unpaired) electrons. The standard InChI is InChI=1S/C9H19NO4/c1-6(2)7(5-11)10-8(12)9(13-3)14-4/h6-7,9,11H,5H2,1-4H3,(H,10,12)/t7-/m1/s1. The number of nitrogens with one attached hydrogen (secondary N) is 1. The fraction of sp³-hybridized carbons (Fsp3) is 0.889. The van der Waals surface area contributed by atoms with Crippen molar-refractivity contribution in [3.63, 3.8) is 0 Å². The van der Waals surface area contributed by atoms with E-state index in [0.29, 0.717) is 0 Å². The first-order valence-electron chi connectivity index (χ1n) is 4.53. The molecule has 2 N–H and O–H groups in total. The molecular formula is C9H19NO4. The van der Waals surface area contributed by atoms with Gasteiger partial charge in [-0.2, -0.15) is 0 Å². The first-order valence-corrected chi connectivity index (χ1v) is 4.53. The minimum atomic E-state index is -0.914. The van der Waals surface area contributed by atoms with Gasteiger partial charge in [-0.25, -0.2) is 0 Å². The van der Waals surface area contributed by atoms with Crippen molar-refractivity contribution in [2.75, 3.05) is 20.8 Å². The van der Waals surface area contributed by atoms with Crippen LogP contribution in [0.2, 0.25) is 0 Å². The number of hydrogen-bond acceptors (Lipinski definition) is 4.